The van der Waals surface area contributed by atoms with Crippen molar-refractivity contribution in [2.24, 2.45) is 12.0 Å². The molecule has 1 fully saturated rings. The van der Waals surface area contributed by atoms with E-state index in [1.54, 1.807) is 0 Å². The van der Waals surface area contributed by atoms with Crippen LogP contribution in [0.15, 0.2) is 23.3 Å². The quantitative estimate of drug-likeness (QED) is 0.385. The van der Waals surface area contributed by atoms with Crippen LogP contribution in [0.5, 0.6) is 0 Å². The molecule has 144 valence electrons. The topological polar surface area (TPSA) is 35.8 Å². The van der Waals surface area contributed by atoms with Gasteiger partial charge in [-0.1, -0.05) is 19.3 Å². The van der Waals surface area contributed by atoms with E-state index in [4.69, 9.17) is 4.99 Å². The Hall–Kier alpha value is -0.760. The summed E-state index contributed by atoms with van der Waals surface area (Å²) in [7, 11) is 6.46. The number of hydrogen-bond donors (Lipinski definition) is 1. The van der Waals surface area contributed by atoms with Crippen LogP contribution in [0.1, 0.15) is 44.7 Å². The molecule has 0 radical (unpaired) electrons. The maximum atomic E-state index is 4.84. The third-order valence-electron chi connectivity index (χ3n) is 5.06. The first-order chi connectivity index (χ1) is 11.6. The van der Waals surface area contributed by atoms with Crippen molar-refractivity contribution in [1.29, 1.82) is 0 Å². The first-order valence-corrected chi connectivity index (χ1v) is 9.41. The molecule has 0 aromatic carbocycles. The number of nitrogens with one attached hydrogen (secondary N) is 1. The van der Waals surface area contributed by atoms with Gasteiger partial charge in [0.25, 0.3) is 0 Å². The monoisotopic (exact) mass is 461 g/mol. The lowest BCUT2D eigenvalue weighted by Gasteiger charge is -2.31. The van der Waals surface area contributed by atoms with Crippen LogP contribution in [-0.4, -0.2) is 60.1 Å². The van der Waals surface area contributed by atoms with Gasteiger partial charge in [-0.25, -0.2) is 0 Å². The fourth-order valence-electron chi connectivity index (χ4n) is 3.47. The molecular formula is C19H36IN5. The zero-order valence-corrected chi connectivity index (χ0v) is 18.7. The molecule has 0 unspecified atom stereocenters. The number of nitrogens with zero attached hydrogens (tertiary/aromatic N) is 4. The Morgan fingerprint density at radius 2 is 2.00 bits per heavy atom. The number of aryl methyl sites for hydroxylation is 1. The molecule has 0 saturated heterocycles. The van der Waals surface area contributed by atoms with Gasteiger partial charge in [-0.15, -0.1) is 24.0 Å². The molecule has 0 amide bonds. The van der Waals surface area contributed by atoms with E-state index in [9.17, 15) is 0 Å². The SMILES string of the molecule is CCNC(=NCCN(C)C1CCCCC1)N(C)Cc1cccn1C.I. The largest absolute Gasteiger partial charge is 0.357 e. The molecule has 0 spiro atoms. The number of hydrogen-bond acceptors (Lipinski definition) is 2. The number of likely N-dealkylation sites (N-methyl/N-ethyl adjacent to an activating group) is 1. The summed E-state index contributed by atoms with van der Waals surface area (Å²) in [6.07, 6.45) is 8.99. The van der Waals surface area contributed by atoms with E-state index in [0.29, 0.717) is 0 Å². The molecule has 0 atom stereocenters. The second kappa shape index (κ2) is 11.8. The summed E-state index contributed by atoms with van der Waals surface area (Å²) in [5.74, 6) is 0.996. The predicted octanol–water partition coefficient (Wildman–Crippen LogP) is 3.30. The standard InChI is InChI=1S/C19H35N5.HI/c1-5-20-19(24(4)16-18-12-9-14-22(18)2)21-13-15-23(3)17-10-7-6-8-11-17;/h9,12,14,17H,5-8,10-11,13,15-16H2,1-4H3,(H,20,21);1H. The smallest absolute Gasteiger partial charge is 0.194 e. The van der Waals surface area contributed by atoms with E-state index in [2.05, 4.69) is 66.1 Å². The van der Waals surface area contributed by atoms with Crippen LogP contribution in [0.25, 0.3) is 0 Å². The van der Waals surface area contributed by atoms with E-state index in [1.807, 2.05) is 0 Å². The third kappa shape index (κ3) is 7.17. The first-order valence-electron chi connectivity index (χ1n) is 9.41. The van der Waals surface area contributed by atoms with Gasteiger partial charge in [0.15, 0.2) is 5.96 Å². The fraction of sp³-hybridized carbons (Fsp3) is 0.737. The molecule has 6 heteroatoms. The average Bonchev–Trinajstić information content (AvgIpc) is 2.99. The molecule has 1 aliphatic carbocycles. The maximum absolute atomic E-state index is 4.84. The van der Waals surface area contributed by atoms with Crippen LogP contribution in [0.4, 0.5) is 0 Å². The first kappa shape index (κ1) is 22.3. The van der Waals surface area contributed by atoms with Gasteiger partial charge < -0.3 is 19.7 Å². The van der Waals surface area contributed by atoms with Crippen LogP contribution in [-0.2, 0) is 13.6 Å². The Morgan fingerprint density at radius 3 is 2.60 bits per heavy atom. The van der Waals surface area contributed by atoms with Gasteiger partial charge in [0.05, 0.1) is 13.1 Å². The lowest BCUT2D eigenvalue weighted by Crippen LogP contribution is -2.40. The molecule has 1 N–H and O–H groups in total. The van der Waals surface area contributed by atoms with Crippen molar-refractivity contribution >= 4 is 29.9 Å². The Labute approximate surface area is 170 Å². The highest BCUT2D eigenvalue weighted by Gasteiger charge is 2.17. The minimum absolute atomic E-state index is 0. The van der Waals surface area contributed by atoms with Gasteiger partial charge in [0, 0.05) is 45.1 Å². The van der Waals surface area contributed by atoms with Gasteiger partial charge in [-0.2, -0.15) is 0 Å². The van der Waals surface area contributed by atoms with E-state index >= 15 is 0 Å². The third-order valence-corrected chi connectivity index (χ3v) is 5.06. The van der Waals surface area contributed by atoms with E-state index in [1.165, 1.54) is 37.8 Å². The van der Waals surface area contributed by atoms with Crippen molar-refractivity contribution in [3.05, 3.63) is 24.0 Å². The molecule has 1 aliphatic rings. The summed E-state index contributed by atoms with van der Waals surface area (Å²) in [6.45, 7) is 5.78. The summed E-state index contributed by atoms with van der Waals surface area (Å²) in [5.41, 5.74) is 1.29. The molecule has 1 aromatic rings. The molecule has 1 aromatic heterocycles. The number of rotatable bonds is 7. The summed E-state index contributed by atoms with van der Waals surface area (Å²) >= 11 is 0. The number of halogens is 1. The molecule has 25 heavy (non-hydrogen) atoms. The molecule has 2 rings (SSSR count). The van der Waals surface area contributed by atoms with Crippen LogP contribution in [0.2, 0.25) is 0 Å². The molecule has 5 nitrogen and oxygen atoms in total. The van der Waals surface area contributed by atoms with E-state index in [-0.39, 0.29) is 24.0 Å². The number of aromatic nitrogens is 1. The van der Waals surface area contributed by atoms with Crippen LogP contribution < -0.4 is 5.32 Å². The molecular weight excluding hydrogens is 425 g/mol. The molecule has 0 bridgehead atoms. The number of guanidine groups is 1. The lowest BCUT2D eigenvalue weighted by molar-refractivity contribution is 0.196. The van der Waals surface area contributed by atoms with Crippen molar-refractivity contribution in [1.82, 2.24) is 19.7 Å². The minimum atomic E-state index is 0. The Morgan fingerprint density at radius 1 is 1.28 bits per heavy atom. The highest BCUT2D eigenvalue weighted by Crippen LogP contribution is 2.21. The highest BCUT2D eigenvalue weighted by molar-refractivity contribution is 14.0. The Bertz CT molecular complexity index is 508. The van der Waals surface area contributed by atoms with Crippen molar-refractivity contribution in [3.8, 4) is 0 Å². The van der Waals surface area contributed by atoms with Crippen LogP contribution in [0, 0.1) is 0 Å². The zero-order chi connectivity index (χ0) is 17.4. The normalized spacial score (nSPS) is 16.0. The van der Waals surface area contributed by atoms with Crippen LogP contribution in [0.3, 0.4) is 0 Å². The summed E-state index contributed by atoms with van der Waals surface area (Å²) in [4.78, 5) is 9.55. The van der Waals surface area contributed by atoms with Crippen molar-refractivity contribution < 1.29 is 0 Å². The van der Waals surface area contributed by atoms with Crippen molar-refractivity contribution in [2.75, 3.05) is 33.7 Å². The van der Waals surface area contributed by atoms with Gasteiger partial charge in [-0.05, 0) is 38.9 Å². The van der Waals surface area contributed by atoms with Gasteiger partial charge in [-0.3, -0.25) is 4.99 Å². The highest BCUT2D eigenvalue weighted by atomic mass is 127. The predicted molar refractivity (Wildman–Crippen MR) is 118 cm³/mol. The summed E-state index contributed by atoms with van der Waals surface area (Å²) in [5, 5.41) is 3.42. The summed E-state index contributed by atoms with van der Waals surface area (Å²) in [6, 6.07) is 5.01. The van der Waals surface area contributed by atoms with E-state index < -0.39 is 0 Å². The molecule has 1 saturated carbocycles. The maximum Gasteiger partial charge on any atom is 0.194 e. The van der Waals surface area contributed by atoms with Gasteiger partial charge >= 0.3 is 0 Å². The van der Waals surface area contributed by atoms with Crippen molar-refractivity contribution in [2.45, 2.75) is 51.6 Å². The molecule has 1 heterocycles. The lowest BCUT2D eigenvalue weighted by atomic mass is 9.94. The minimum Gasteiger partial charge on any atom is -0.357 e. The van der Waals surface area contributed by atoms with Gasteiger partial charge in [0.1, 0.15) is 0 Å². The zero-order valence-electron chi connectivity index (χ0n) is 16.4. The second-order valence-corrected chi connectivity index (χ2v) is 6.97. The van der Waals surface area contributed by atoms with Crippen LogP contribution >= 0.6 is 24.0 Å². The fourth-order valence-corrected chi connectivity index (χ4v) is 3.47. The Balaban J connectivity index is 0.00000312. The van der Waals surface area contributed by atoms with Gasteiger partial charge in [0.2, 0.25) is 0 Å². The number of aliphatic imine (C=N–C) groups is 1. The summed E-state index contributed by atoms with van der Waals surface area (Å²) < 4.78 is 2.16. The van der Waals surface area contributed by atoms with Crippen molar-refractivity contribution in [3.63, 3.8) is 0 Å². The Kier molecular flexibility index (Phi) is 10.5. The average molecular weight is 461 g/mol. The second-order valence-electron chi connectivity index (χ2n) is 6.97. The molecule has 0 aliphatic heterocycles. The van der Waals surface area contributed by atoms with E-state index in [0.717, 1.165) is 38.2 Å².